The van der Waals surface area contributed by atoms with Gasteiger partial charge in [-0.25, -0.2) is 37.6 Å². The first-order valence-electron chi connectivity index (χ1n) is 13.5. The number of nitrogens with zero attached hydrogens (tertiary/aromatic N) is 5. The van der Waals surface area contributed by atoms with E-state index in [1.54, 1.807) is 31.4 Å². The lowest BCUT2D eigenvalue weighted by Gasteiger charge is -2.29. The Morgan fingerprint density at radius 3 is 2.65 bits per heavy atom. The van der Waals surface area contributed by atoms with Crippen molar-refractivity contribution in [1.82, 2.24) is 24.7 Å². The molecule has 4 N–H and O–H groups in total. The Morgan fingerprint density at radius 1 is 1.16 bits per heavy atom. The third-order valence-electron chi connectivity index (χ3n) is 6.83. The Kier molecular flexibility index (Phi) is 9.99. The van der Waals surface area contributed by atoms with Crippen molar-refractivity contribution in [3.8, 4) is 28.3 Å². The van der Waals surface area contributed by atoms with Crippen LogP contribution in [0, 0.1) is 5.82 Å². The second-order valence-corrected chi connectivity index (χ2v) is 10.4. The SMILES string of the molecule is COCCOc1cc(-c2cccc(C(F)CCNS(=O)O)c2F)cc2c(N3CCOCC3)nc(-c3cnc(N)nc3)nc12. The summed E-state index contributed by atoms with van der Waals surface area (Å²) < 4.78 is 69.8. The van der Waals surface area contributed by atoms with E-state index in [-0.39, 0.29) is 36.6 Å². The summed E-state index contributed by atoms with van der Waals surface area (Å²) in [5.74, 6) is 0.665. The molecule has 0 radical (unpaired) electrons. The second kappa shape index (κ2) is 14.1. The number of nitrogens with two attached hydrogens (primary N) is 1. The highest BCUT2D eigenvalue weighted by atomic mass is 32.2. The first-order chi connectivity index (χ1) is 20.9. The van der Waals surface area contributed by atoms with Gasteiger partial charge in [-0.05, 0) is 24.1 Å². The van der Waals surface area contributed by atoms with Crippen LogP contribution in [0.2, 0.25) is 0 Å². The summed E-state index contributed by atoms with van der Waals surface area (Å²) in [6.45, 7) is 2.50. The van der Waals surface area contributed by atoms with Crippen molar-refractivity contribution in [2.75, 3.05) is 63.8 Å². The minimum atomic E-state index is -2.29. The number of fused-ring (bicyclic) bond motifs is 1. The lowest BCUT2D eigenvalue weighted by molar-refractivity contribution is 0.122. The van der Waals surface area contributed by atoms with Crippen molar-refractivity contribution in [3.63, 3.8) is 0 Å². The Labute approximate surface area is 249 Å². The third-order valence-corrected chi connectivity index (χ3v) is 7.28. The fraction of sp³-hybridized carbons (Fsp3) is 0.357. The van der Waals surface area contributed by atoms with Crippen LogP contribution in [0.3, 0.4) is 0 Å². The summed E-state index contributed by atoms with van der Waals surface area (Å²) in [6, 6.07) is 7.90. The topological polar surface area (TPSA) is 158 Å². The second-order valence-electron chi connectivity index (χ2n) is 9.62. The molecule has 1 fully saturated rings. The van der Waals surface area contributed by atoms with Gasteiger partial charge in [0.05, 0.1) is 25.4 Å². The van der Waals surface area contributed by atoms with Gasteiger partial charge in [-0.3, -0.25) is 4.55 Å². The molecule has 2 unspecified atom stereocenters. The molecule has 15 heteroatoms. The monoisotopic (exact) mass is 615 g/mol. The van der Waals surface area contributed by atoms with Crippen LogP contribution in [0.25, 0.3) is 33.4 Å². The smallest absolute Gasteiger partial charge is 0.231 e. The normalized spacial score (nSPS) is 15.0. The number of halogens is 2. The predicted octanol–water partition coefficient (Wildman–Crippen LogP) is 3.46. The van der Waals surface area contributed by atoms with Crippen LogP contribution >= 0.6 is 0 Å². The zero-order chi connectivity index (χ0) is 30.3. The number of anilines is 2. The van der Waals surface area contributed by atoms with E-state index in [2.05, 4.69) is 19.6 Å². The number of methoxy groups -OCH3 is 1. The molecular weight excluding hydrogens is 584 g/mol. The summed E-state index contributed by atoms with van der Waals surface area (Å²) in [7, 11) is 1.55. The molecule has 2 aromatic heterocycles. The van der Waals surface area contributed by atoms with E-state index < -0.39 is 23.3 Å². The quantitative estimate of drug-likeness (QED) is 0.158. The van der Waals surface area contributed by atoms with Crippen molar-refractivity contribution in [3.05, 3.63) is 54.1 Å². The standard InChI is InChI=1S/C28H31F2N7O5S/c1-40-11-12-42-23-14-17(19-3-2-4-20(24(19)30)22(29)5-6-34-43(38)39)13-21-25(23)35-26(18-15-32-28(31)33-16-18)36-27(21)37-7-9-41-10-8-37/h2-4,13-16,22,34H,5-12H2,1H3,(H,38,39)(H2,31,32,33). The maximum Gasteiger partial charge on any atom is 0.231 e. The summed E-state index contributed by atoms with van der Waals surface area (Å²) in [5, 5.41) is 0.600. The van der Waals surface area contributed by atoms with E-state index in [1.165, 1.54) is 18.5 Å². The van der Waals surface area contributed by atoms with Gasteiger partial charge >= 0.3 is 0 Å². The van der Waals surface area contributed by atoms with Crippen molar-refractivity contribution < 1.29 is 31.8 Å². The van der Waals surface area contributed by atoms with Gasteiger partial charge in [0.1, 0.15) is 35.7 Å². The van der Waals surface area contributed by atoms with Crippen LogP contribution in [0.4, 0.5) is 20.5 Å². The number of hydrogen-bond donors (Lipinski definition) is 3. The number of alkyl halides is 1. The van der Waals surface area contributed by atoms with Crippen LogP contribution in [0.15, 0.2) is 42.7 Å². The van der Waals surface area contributed by atoms with E-state index in [0.29, 0.717) is 72.3 Å². The number of hydrogen-bond acceptors (Lipinski definition) is 10. The van der Waals surface area contributed by atoms with Gasteiger partial charge in [0.25, 0.3) is 0 Å². The van der Waals surface area contributed by atoms with Gasteiger partial charge in [0.15, 0.2) is 5.82 Å². The van der Waals surface area contributed by atoms with Crippen LogP contribution in [0.5, 0.6) is 5.75 Å². The maximum atomic E-state index is 15.9. The van der Waals surface area contributed by atoms with Gasteiger partial charge in [0.2, 0.25) is 17.2 Å². The molecule has 0 aliphatic carbocycles. The number of ether oxygens (including phenoxy) is 3. The number of rotatable bonds is 12. The van der Waals surface area contributed by atoms with Gasteiger partial charge in [-0.2, -0.15) is 0 Å². The van der Waals surface area contributed by atoms with Crippen molar-refractivity contribution in [2.24, 2.45) is 0 Å². The number of aromatic nitrogens is 4. The van der Waals surface area contributed by atoms with E-state index in [9.17, 15) is 4.21 Å². The number of nitrogen functional groups attached to an aromatic ring is 1. The molecule has 0 amide bonds. The van der Waals surface area contributed by atoms with E-state index >= 15 is 8.78 Å². The molecule has 5 rings (SSSR count). The molecule has 2 aromatic carbocycles. The molecule has 0 bridgehead atoms. The summed E-state index contributed by atoms with van der Waals surface area (Å²) in [6.07, 6.45) is 1.18. The zero-order valence-corrected chi connectivity index (χ0v) is 24.1. The van der Waals surface area contributed by atoms with E-state index in [0.717, 1.165) is 0 Å². The predicted molar refractivity (Wildman–Crippen MR) is 158 cm³/mol. The zero-order valence-electron chi connectivity index (χ0n) is 23.3. The molecule has 12 nitrogen and oxygen atoms in total. The number of benzene rings is 2. The van der Waals surface area contributed by atoms with Crippen molar-refractivity contribution in [2.45, 2.75) is 12.6 Å². The van der Waals surface area contributed by atoms with E-state index in [4.69, 9.17) is 34.5 Å². The van der Waals surface area contributed by atoms with E-state index in [1.807, 2.05) is 0 Å². The molecule has 3 heterocycles. The van der Waals surface area contributed by atoms with Crippen molar-refractivity contribution in [1.29, 1.82) is 0 Å². The van der Waals surface area contributed by atoms with Gasteiger partial charge in [-0.1, -0.05) is 18.2 Å². The molecule has 1 aliphatic rings. The molecule has 1 aliphatic heterocycles. The average molecular weight is 616 g/mol. The Balaban J connectivity index is 1.66. The molecule has 1 saturated heterocycles. The molecule has 4 aromatic rings. The fourth-order valence-corrected chi connectivity index (χ4v) is 5.02. The first kappa shape index (κ1) is 30.6. The molecular formula is C28H31F2N7O5S. The minimum Gasteiger partial charge on any atom is -0.489 e. The average Bonchev–Trinajstić information content (AvgIpc) is 3.01. The molecule has 0 spiro atoms. The van der Waals surface area contributed by atoms with Crippen LogP contribution in [0.1, 0.15) is 18.2 Å². The number of nitrogens with one attached hydrogen (secondary N) is 1. The summed E-state index contributed by atoms with van der Waals surface area (Å²) in [4.78, 5) is 19.9. The van der Waals surface area contributed by atoms with Gasteiger partial charge in [-0.15, -0.1) is 0 Å². The molecule has 228 valence electrons. The largest absolute Gasteiger partial charge is 0.489 e. The Bertz CT molecular complexity index is 1590. The van der Waals surface area contributed by atoms with Crippen molar-refractivity contribution >= 4 is 33.9 Å². The maximum absolute atomic E-state index is 15.9. The lowest BCUT2D eigenvalue weighted by atomic mass is 9.97. The third kappa shape index (κ3) is 7.19. The van der Waals surface area contributed by atoms with Gasteiger partial charge in [0, 0.05) is 55.7 Å². The highest BCUT2D eigenvalue weighted by Crippen LogP contribution is 2.39. The van der Waals surface area contributed by atoms with Crippen LogP contribution in [-0.2, 0) is 20.7 Å². The first-order valence-corrected chi connectivity index (χ1v) is 14.6. The lowest BCUT2D eigenvalue weighted by Crippen LogP contribution is -2.37. The fourth-order valence-electron chi connectivity index (χ4n) is 4.73. The summed E-state index contributed by atoms with van der Waals surface area (Å²) >= 11 is -2.29. The molecule has 43 heavy (non-hydrogen) atoms. The number of morpholine rings is 1. The highest BCUT2D eigenvalue weighted by Gasteiger charge is 2.24. The Hall–Kier alpha value is -3.89. The highest BCUT2D eigenvalue weighted by molar-refractivity contribution is 7.77. The molecule has 2 atom stereocenters. The van der Waals surface area contributed by atoms with Crippen LogP contribution in [-0.4, -0.2) is 81.9 Å². The van der Waals surface area contributed by atoms with Crippen LogP contribution < -0.4 is 20.1 Å². The minimum absolute atomic E-state index is 0.108. The Morgan fingerprint density at radius 2 is 1.93 bits per heavy atom. The van der Waals surface area contributed by atoms with Gasteiger partial charge < -0.3 is 24.8 Å². The summed E-state index contributed by atoms with van der Waals surface area (Å²) in [5.41, 5.74) is 7.14. The molecule has 0 saturated carbocycles.